The Morgan fingerprint density at radius 2 is 1.96 bits per heavy atom. The van der Waals surface area contributed by atoms with Crippen LogP contribution in [0.25, 0.3) is 11.4 Å². The van der Waals surface area contributed by atoms with E-state index in [4.69, 9.17) is 11.6 Å². The van der Waals surface area contributed by atoms with Crippen LogP contribution in [-0.4, -0.2) is 31.6 Å². The van der Waals surface area contributed by atoms with Crippen molar-refractivity contribution in [1.82, 2.24) is 14.9 Å². The van der Waals surface area contributed by atoms with E-state index in [1.807, 2.05) is 19.1 Å². The van der Waals surface area contributed by atoms with Crippen LogP contribution in [0, 0.1) is 6.92 Å². The van der Waals surface area contributed by atoms with Gasteiger partial charge in [-0.2, -0.15) is 0 Å². The standard InChI is InChI=1S/C21H20ClN3O3/c1-12-8-15(26)9-19(27)16(12)10-25-7-6-18-17(11-25)21(28)24-20(23-18)13-2-4-14(22)5-3-13/h2-5,8-9,26-27H,6-7,10-11H2,1H3,(H,23,24,28). The molecule has 2 aromatic carbocycles. The smallest absolute Gasteiger partial charge is 0.255 e. The third-order valence-electron chi connectivity index (χ3n) is 5.08. The lowest BCUT2D eigenvalue weighted by Crippen LogP contribution is -2.35. The van der Waals surface area contributed by atoms with Crippen molar-refractivity contribution >= 4 is 11.6 Å². The molecular formula is C21H20ClN3O3. The van der Waals surface area contributed by atoms with E-state index in [1.54, 1.807) is 18.2 Å². The zero-order valence-corrected chi connectivity index (χ0v) is 16.1. The van der Waals surface area contributed by atoms with Crippen LogP contribution >= 0.6 is 11.6 Å². The number of hydrogen-bond donors (Lipinski definition) is 3. The second-order valence-corrected chi connectivity index (χ2v) is 7.50. The van der Waals surface area contributed by atoms with Gasteiger partial charge < -0.3 is 15.2 Å². The number of nitrogens with zero attached hydrogens (tertiary/aromatic N) is 2. The predicted octanol–water partition coefficient (Wildman–Crippen LogP) is 3.37. The van der Waals surface area contributed by atoms with Gasteiger partial charge in [-0.05, 0) is 42.8 Å². The van der Waals surface area contributed by atoms with Crippen molar-refractivity contribution in [1.29, 1.82) is 0 Å². The van der Waals surface area contributed by atoms with E-state index in [0.717, 1.165) is 28.9 Å². The second kappa shape index (κ2) is 7.30. The summed E-state index contributed by atoms with van der Waals surface area (Å²) in [6.45, 7) is 3.52. The SMILES string of the molecule is Cc1cc(O)cc(O)c1CN1CCc2nc(-c3ccc(Cl)cc3)[nH]c(=O)c2C1. The monoisotopic (exact) mass is 397 g/mol. The summed E-state index contributed by atoms with van der Waals surface area (Å²) in [6.07, 6.45) is 0.651. The summed E-state index contributed by atoms with van der Waals surface area (Å²) < 4.78 is 0. The third-order valence-corrected chi connectivity index (χ3v) is 5.33. The molecular weight excluding hydrogens is 378 g/mol. The Bertz CT molecular complexity index is 1070. The number of phenols is 2. The number of aromatic amines is 1. The van der Waals surface area contributed by atoms with Crippen LogP contribution in [0.5, 0.6) is 11.5 Å². The predicted molar refractivity (Wildman–Crippen MR) is 108 cm³/mol. The van der Waals surface area contributed by atoms with Crippen LogP contribution in [-0.2, 0) is 19.5 Å². The maximum atomic E-state index is 12.7. The summed E-state index contributed by atoms with van der Waals surface area (Å²) in [5, 5.41) is 20.4. The zero-order valence-electron chi connectivity index (χ0n) is 15.4. The Kier molecular flexibility index (Phi) is 4.83. The number of aryl methyl sites for hydroxylation is 1. The first-order valence-corrected chi connectivity index (χ1v) is 9.40. The van der Waals surface area contributed by atoms with Crippen molar-refractivity contribution in [3.05, 3.63) is 74.2 Å². The quantitative estimate of drug-likeness (QED) is 0.630. The van der Waals surface area contributed by atoms with Crippen LogP contribution in [0.4, 0.5) is 0 Å². The number of halogens is 1. The average molecular weight is 398 g/mol. The van der Waals surface area contributed by atoms with Gasteiger partial charge in [0.15, 0.2) is 0 Å². The molecule has 28 heavy (non-hydrogen) atoms. The number of aromatic nitrogens is 2. The lowest BCUT2D eigenvalue weighted by Gasteiger charge is -2.28. The largest absolute Gasteiger partial charge is 0.508 e. The number of hydrogen-bond acceptors (Lipinski definition) is 5. The van der Waals surface area contributed by atoms with Gasteiger partial charge in [-0.1, -0.05) is 11.6 Å². The number of nitrogens with one attached hydrogen (secondary N) is 1. The molecule has 3 aromatic rings. The lowest BCUT2D eigenvalue weighted by molar-refractivity contribution is 0.238. The van der Waals surface area contributed by atoms with Gasteiger partial charge in [-0.25, -0.2) is 4.98 Å². The van der Waals surface area contributed by atoms with E-state index in [2.05, 4.69) is 14.9 Å². The van der Waals surface area contributed by atoms with Gasteiger partial charge in [0.05, 0.1) is 11.3 Å². The average Bonchev–Trinajstić information content (AvgIpc) is 2.65. The number of phenolic OH excluding ortho intramolecular Hbond substituents is 2. The zero-order chi connectivity index (χ0) is 19.8. The molecule has 7 heteroatoms. The minimum atomic E-state index is -0.147. The molecule has 4 rings (SSSR count). The minimum absolute atomic E-state index is 0.0399. The van der Waals surface area contributed by atoms with Gasteiger partial charge in [-0.3, -0.25) is 9.69 Å². The molecule has 1 aliphatic heterocycles. The van der Waals surface area contributed by atoms with Gasteiger partial charge in [0, 0.05) is 48.3 Å². The highest BCUT2D eigenvalue weighted by molar-refractivity contribution is 6.30. The van der Waals surface area contributed by atoms with E-state index in [0.29, 0.717) is 35.9 Å². The first-order chi connectivity index (χ1) is 13.4. The van der Waals surface area contributed by atoms with Crippen LogP contribution in [0.1, 0.15) is 22.4 Å². The number of benzene rings is 2. The molecule has 0 saturated carbocycles. The first-order valence-electron chi connectivity index (χ1n) is 9.02. The van der Waals surface area contributed by atoms with Crippen LogP contribution in [0.3, 0.4) is 0 Å². The third kappa shape index (κ3) is 3.61. The maximum Gasteiger partial charge on any atom is 0.255 e. The molecule has 0 amide bonds. The molecule has 0 saturated heterocycles. The molecule has 0 radical (unpaired) electrons. The molecule has 0 fully saturated rings. The molecule has 0 aliphatic carbocycles. The van der Waals surface area contributed by atoms with Crippen molar-refractivity contribution in [2.24, 2.45) is 0 Å². The Labute approximate surface area is 167 Å². The van der Waals surface area contributed by atoms with Gasteiger partial charge in [0.2, 0.25) is 0 Å². The highest BCUT2D eigenvalue weighted by atomic mass is 35.5. The molecule has 1 aromatic heterocycles. The Morgan fingerprint density at radius 1 is 1.21 bits per heavy atom. The van der Waals surface area contributed by atoms with E-state index in [1.165, 1.54) is 6.07 Å². The second-order valence-electron chi connectivity index (χ2n) is 7.07. The normalized spacial score (nSPS) is 14.1. The molecule has 144 valence electrons. The molecule has 2 heterocycles. The van der Waals surface area contributed by atoms with Gasteiger partial charge in [0.25, 0.3) is 5.56 Å². The summed E-state index contributed by atoms with van der Waals surface area (Å²) in [5.41, 5.74) is 3.69. The van der Waals surface area contributed by atoms with Crippen molar-refractivity contribution in [3.8, 4) is 22.9 Å². The molecule has 3 N–H and O–H groups in total. The number of H-pyrrole nitrogens is 1. The summed E-state index contributed by atoms with van der Waals surface area (Å²) in [4.78, 5) is 22.3. The van der Waals surface area contributed by atoms with E-state index >= 15 is 0 Å². The Morgan fingerprint density at radius 3 is 2.68 bits per heavy atom. The van der Waals surface area contributed by atoms with Crippen LogP contribution < -0.4 is 5.56 Å². The van der Waals surface area contributed by atoms with E-state index in [9.17, 15) is 15.0 Å². The van der Waals surface area contributed by atoms with Gasteiger partial charge >= 0.3 is 0 Å². The Hall–Kier alpha value is -2.83. The highest BCUT2D eigenvalue weighted by Crippen LogP contribution is 2.29. The van der Waals surface area contributed by atoms with E-state index < -0.39 is 0 Å². The summed E-state index contributed by atoms with van der Waals surface area (Å²) in [5.74, 6) is 0.646. The van der Waals surface area contributed by atoms with E-state index in [-0.39, 0.29) is 17.1 Å². The topological polar surface area (TPSA) is 89.4 Å². The molecule has 0 atom stereocenters. The summed E-state index contributed by atoms with van der Waals surface area (Å²) in [6, 6.07) is 10.2. The Balaban J connectivity index is 1.60. The highest BCUT2D eigenvalue weighted by Gasteiger charge is 2.23. The summed E-state index contributed by atoms with van der Waals surface area (Å²) in [7, 11) is 0. The number of rotatable bonds is 3. The van der Waals surface area contributed by atoms with Crippen molar-refractivity contribution in [2.75, 3.05) is 6.54 Å². The van der Waals surface area contributed by atoms with Gasteiger partial charge in [0.1, 0.15) is 17.3 Å². The lowest BCUT2D eigenvalue weighted by atomic mass is 10.0. The molecule has 1 aliphatic rings. The molecule has 0 spiro atoms. The van der Waals surface area contributed by atoms with Gasteiger partial charge in [-0.15, -0.1) is 0 Å². The molecule has 0 bridgehead atoms. The fraction of sp³-hybridized carbons (Fsp3) is 0.238. The summed E-state index contributed by atoms with van der Waals surface area (Å²) >= 11 is 5.93. The fourth-order valence-corrected chi connectivity index (χ4v) is 3.70. The van der Waals surface area contributed by atoms with Crippen LogP contribution in [0.2, 0.25) is 5.02 Å². The number of aromatic hydroxyl groups is 2. The molecule has 6 nitrogen and oxygen atoms in total. The molecule has 0 unspecified atom stereocenters. The van der Waals surface area contributed by atoms with Crippen LogP contribution in [0.15, 0.2) is 41.2 Å². The number of fused-ring (bicyclic) bond motifs is 1. The van der Waals surface area contributed by atoms with Crippen molar-refractivity contribution < 1.29 is 10.2 Å². The van der Waals surface area contributed by atoms with Crippen molar-refractivity contribution in [2.45, 2.75) is 26.4 Å². The fourth-order valence-electron chi connectivity index (χ4n) is 3.57. The first kappa shape index (κ1) is 18.5. The maximum absolute atomic E-state index is 12.7. The minimum Gasteiger partial charge on any atom is -0.508 e. The van der Waals surface area contributed by atoms with Crippen molar-refractivity contribution in [3.63, 3.8) is 0 Å².